The van der Waals surface area contributed by atoms with Gasteiger partial charge in [0.1, 0.15) is 5.82 Å². The van der Waals surface area contributed by atoms with E-state index in [0.717, 1.165) is 58.2 Å². The third-order valence-electron chi connectivity index (χ3n) is 9.80. The van der Waals surface area contributed by atoms with Crippen LogP contribution in [0.1, 0.15) is 63.4 Å². The van der Waals surface area contributed by atoms with E-state index in [1.54, 1.807) is 12.1 Å². The standard InChI is InChI=1S/C26H35BrFN3O2/c27-18-6-5-17(19(28)15-18)16-26(23(30)33)21-8-7-20(24(21)10-11-24)25(26,22(29)32)9-1-2-12-31-13-3-4-14-31/h5-6,15,20-21H,1-4,7-14,16H2,(H2,29,32)(H2,30,33)/t20-,21+,25+,26+/m1/s1. The minimum absolute atomic E-state index is 0.00151. The van der Waals surface area contributed by atoms with Crippen molar-refractivity contribution in [3.63, 3.8) is 0 Å². The van der Waals surface area contributed by atoms with E-state index in [4.69, 9.17) is 11.5 Å². The van der Waals surface area contributed by atoms with Crippen molar-refractivity contribution in [2.75, 3.05) is 19.6 Å². The molecule has 0 radical (unpaired) electrons. The number of nitrogens with two attached hydrogens (primary N) is 2. The zero-order chi connectivity index (χ0) is 23.4. The van der Waals surface area contributed by atoms with Crippen LogP contribution in [0.5, 0.6) is 0 Å². The van der Waals surface area contributed by atoms with Crippen LogP contribution in [0.3, 0.4) is 0 Å². The predicted molar refractivity (Wildman–Crippen MR) is 128 cm³/mol. The molecule has 0 unspecified atom stereocenters. The number of benzene rings is 1. The van der Waals surface area contributed by atoms with Gasteiger partial charge in [0.2, 0.25) is 11.8 Å². The average Bonchev–Trinajstić information content (AvgIpc) is 3.13. The van der Waals surface area contributed by atoms with Crippen molar-refractivity contribution in [2.45, 2.75) is 64.2 Å². The minimum atomic E-state index is -1.12. The van der Waals surface area contributed by atoms with Gasteiger partial charge in [-0.25, -0.2) is 4.39 Å². The highest BCUT2D eigenvalue weighted by atomic mass is 79.9. The third kappa shape index (κ3) is 3.32. The summed E-state index contributed by atoms with van der Waals surface area (Å²) in [5.41, 5.74) is 10.8. The highest BCUT2D eigenvalue weighted by molar-refractivity contribution is 9.10. The number of hydrogen-bond acceptors (Lipinski definition) is 3. The first-order valence-corrected chi connectivity index (χ1v) is 13.3. The number of carbonyl (C=O) groups excluding carboxylic acids is 2. The Hall–Kier alpha value is -1.47. The van der Waals surface area contributed by atoms with Crippen molar-refractivity contribution >= 4 is 27.7 Å². The summed E-state index contributed by atoms with van der Waals surface area (Å²) in [6.45, 7) is 3.30. The first-order chi connectivity index (χ1) is 15.8. The van der Waals surface area contributed by atoms with E-state index in [-0.39, 0.29) is 29.5 Å². The summed E-state index contributed by atoms with van der Waals surface area (Å²) in [5.74, 6) is -1.17. The minimum Gasteiger partial charge on any atom is -0.369 e. The normalized spacial score (nSPS) is 34.2. The fraction of sp³-hybridized carbons (Fsp3) is 0.692. The van der Waals surface area contributed by atoms with Crippen LogP contribution in [0.2, 0.25) is 0 Å². The lowest BCUT2D eigenvalue weighted by Gasteiger charge is -2.50. The van der Waals surface area contributed by atoms with Crippen LogP contribution >= 0.6 is 15.9 Å². The lowest BCUT2D eigenvalue weighted by molar-refractivity contribution is -0.156. The fourth-order valence-electron chi connectivity index (χ4n) is 8.47. The largest absolute Gasteiger partial charge is 0.369 e. The second kappa shape index (κ2) is 8.33. The number of likely N-dealkylation sites (tertiary alicyclic amines) is 1. The first kappa shape index (κ1) is 23.3. The monoisotopic (exact) mass is 519 g/mol. The zero-order valence-electron chi connectivity index (χ0n) is 19.3. The Labute approximate surface area is 204 Å². The number of unbranched alkanes of at least 4 members (excludes halogenated alkanes) is 1. The molecule has 0 aromatic heterocycles. The van der Waals surface area contributed by atoms with Crippen LogP contribution in [0, 0.1) is 33.9 Å². The lowest BCUT2D eigenvalue weighted by Crippen LogP contribution is -2.61. The molecule has 3 aliphatic carbocycles. The van der Waals surface area contributed by atoms with Crippen LogP contribution in [0.25, 0.3) is 0 Å². The zero-order valence-corrected chi connectivity index (χ0v) is 20.8. The van der Waals surface area contributed by atoms with Crippen molar-refractivity contribution in [1.29, 1.82) is 0 Å². The Morgan fingerprint density at radius 2 is 1.67 bits per heavy atom. The SMILES string of the molecule is NC(=O)[C@]1(CCCCN2CCCC2)[C@@H]2CC[C@@H](C23CC3)[C@@]1(Cc1ccc(Br)cc1F)C(N)=O. The van der Waals surface area contributed by atoms with Gasteiger partial charge in [-0.05, 0) is 112 Å². The smallest absolute Gasteiger partial charge is 0.225 e. The van der Waals surface area contributed by atoms with Crippen molar-refractivity contribution < 1.29 is 14.0 Å². The Morgan fingerprint density at radius 3 is 2.24 bits per heavy atom. The van der Waals surface area contributed by atoms with E-state index in [0.29, 0.717) is 16.5 Å². The van der Waals surface area contributed by atoms with E-state index in [1.807, 2.05) is 0 Å². The van der Waals surface area contributed by atoms with Gasteiger partial charge in [0.15, 0.2) is 0 Å². The molecular formula is C26H35BrFN3O2. The van der Waals surface area contributed by atoms with Crippen molar-refractivity contribution in [3.8, 4) is 0 Å². The molecule has 33 heavy (non-hydrogen) atoms. The average molecular weight is 520 g/mol. The van der Waals surface area contributed by atoms with Gasteiger partial charge in [0.25, 0.3) is 0 Å². The molecule has 5 nitrogen and oxygen atoms in total. The number of rotatable bonds is 9. The van der Waals surface area contributed by atoms with E-state index in [9.17, 15) is 9.59 Å². The molecule has 7 heteroatoms. The first-order valence-electron chi connectivity index (χ1n) is 12.5. The maximum absolute atomic E-state index is 15.0. The highest BCUT2D eigenvalue weighted by Crippen LogP contribution is 2.83. The molecule has 2 bridgehead atoms. The molecule has 1 aliphatic heterocycles. The molecule has 4 fully saturated rings. The van der Waals surface area contributed by atoms with Gasteiger partial charge in [0.05, 0.1) is 10.8 Å². The number of primary amides is 2. The molecule has 4 N–H and O–H groups in total. The molecule has 3 saturated carbocycles. The van der Waals surface area contributed by atoms with Crippen LogP contribution in [0.15, 0.2) is 22.7 Å². The number of nitrogens with zero attached hydrogens (tertiary/aromatic N) is 1. The second-order valence-corrected chi connectivity index (χ2v) is 11.9. The van der Waals surface area contributed by atoms with E-state index in [2.05, 4.69) is 20.8 Å². The molecule has 4 atom stereocenters. The Balaban J connectivity index is 1.52. The quantitative estimate of drug-likeness (QED) is 0.480. The van der Waals surface area contributed by atoms with Gasteiger partial charge >= 0.3 is 0 Å². The fourth-order valence-corrected chi connectivity index (χ4v) is 8.80. The number of hydrogen-bond donors (Lipinski definition) is 2. The predicted octanol–water partition coefficient (Wildman–Crippen LogP) is 4.16. The van der Waals surface area contributed by atoms with Crippen LogP contribution in [0.4, 0.5) is 4.39 Å². The second-order valence-electron chi connectivity index (χ2n) is 11.0. The molecule has 4 aliphatic rings. The van der Waals surface area contributed by atoms with Crippen LogP contribution in [-0.4, -0.2) is 36.3 Å². The maximum atomic E-state index is 15.0. The summed E-state index contributed by atoms with van der Waals surface area (Å²) in [5, 5.41) is 0. The van der Waals surface area contributed by atoms with Crippen molar-refractivity contribution in [2.24, 2.45) is 39.5 Å². The van der Waals surface area contributed by atoms with E-state index in [1.165, 1.54) is 18.9 Å². The molecule has 5 rings (SSSR count). The van der Waals surface area contributed by atoms with Gasteiger partial charge in [-0.15, -0.1) is 0 Å². The summed E-state index contributed by atoms with van der Waals surface area (Å²) in [4.78, 5) is 29.4. The Bertz CT molecular complexity index is 961. The molecular weight excluding hydrogens is 485 g/mol. The number of halogens is 2. The summed E-state index contributed by atoms with van der Waals surface area (Å²) in [6, 6.07) is 4.93. The molecule has 1 heterocycles. The van der Waals surface area contributed by atoms with E-state index >= 15 is 4.39 Å². The molecule has 1 aromatic rings. The number of carbonyl (C=O) groups is 2. The molecule has 180 valence electrons. The van der Waals surface area contributed by atoms with Gasteiger partial charge in [0, 0.05) is 4.47 Å². The Morgan fingerprint density at radius 1 is 1.03 bits per heavy atom. The van der Waals surface area contributed by atoms with Crippen molar-refractivity contribution in [3.05, 3.63) is 34.1 Å². The summed E-state index contributed by atoms with van der Waals surface area (Å²) >= 11 is 3.32. The molecule has 1 spiro atoms. The molecule has 2 amide bonds. The van der Waals surface area contributed by atoms with Gasteiger partial charge in [-0.2, -0.15) is 0 Å². The molecule has 1 aromatic carbocycles. The Kier molecular flexibility index (Phi) is 5.88. The van der Waals surface area contributed by atoms with Crippen molar-refractivity contribution in [1.82, 2.24) is 4.90 Å². The van der Waals surface area contributed by atoms with Crippen LogP contribution < -0.4 is 11.5 Å². The summed E-state index contributed by atoms with van der Waals surface area (Å²) in [6.07, 6.45) is 8.84. The summed E-state index contributed by atoms with van der Waals surface area (Å²) < 4.78 is 15.7. The maximum Gasteiger partial charge on any atom is 0.225 e. The van der Waals surface area contributed by atoms with Crippen LogP contribution in [-0.2, 0) is 16.0 Å². The molecule has 1 saturated heterocycles. The third-order valence-corrected chi connectivity index (χ3v) is 10.3. The van der Waals surface area contributed by atoms with Gasteiger partial charge in [-0.3, -0.25) is 9.59 Å². The van der Waals surface area contributed by atoms with Gasteiger partial charge in [-0.1, -0.05) is 28.4 Å². The number of amides is 2. The van der Waals surface area contributed by atoms with Gasteiger partial charge < -0.3 is 16.4 Å². The lowest BCUT2D eigenvalue weighted by atomic mass is 9.51. The topological polar surface area (TPSA) is 89.4 Å². The highest BCUT2D eigenvalue weighted by Gasteiger charge is 2.83. The summed E-state index contributed by atoms with van der Waals surface area (Å²) in [7, 11) is 0. The van der Waals surface area contributed by atoms with E-state index < -0.39 is 22.6 Å².